The van der Waals surface area contributed by atoms with Crippen molar-refractivity contribution >= 4 is 12.4 Å². The lowest BCUT2D eigenvalue weighted by Gasteiger charge is -2.20. The van der Waals surface area contributed by atoms with Crippen LogP contribution in [0.15, 0.2) is 0 Å². The summed E-state index contributed by atoms with van der Waals surface area (Å²) < 4.78 is 0. The lowest BCUT2D eigenvalue weighted by Crippen LogP contribution is -2.34. The third kappa shape index (κ3) is 26.3. The second-order valence-electron chi connectivity index (χ2n) is 9.91. The van der Waals surface area contributed by atoms with E-state index in [4.69, 9.17) is 0 Å². The summed E-state index contributed by atoms with van der Waals surface area (Å²) in [6.45, 7) is 9.38. The molecule has 2 unspecified atom stereocenters. The maximum absolute atomic E-state index is 3.84. The summed E-state index contributed by atoms with van der Waals surface area (Å²) in [5.74, 6) is 0. The summed E-state index contributed by atoms with van der Waals surface area (Å²) in [6.07, 6.45) is 31.5. The second kappa shape index (κ2) is 27.3. The Balaban J connectivity index is 0. The predicted octanol–water partition coefficient (Wildman–Crippen LogP) is 10.4. The molecule has 30 heavy (non-hydrogen) atoms. The molecule has 0 amide bonds. The van der Waals surface area contributed by atoms with E-state index in [1.807, 2.05) is 0 Å². The van der Waals surface area contributed by atoms with Crippen LogP contribution in [0.4, 0.5) is 0 Å². The first kappa shape index (κ1) is 32.4. The van der Waals surface area contributed by atoms with Crippen LogP contribution in [-0.2, 0) is 0 Å². The monoisotopic (exact) mass is 445 g/mol. The van der Waals surface area contributed by atoms with Gasteiger partial charge in [0.1, 0.15) is 0 Å². The first-order chi connectivity index (χ1) is 14.2. The van der Waals surface area contributed by atoms with Crippen molar-refractivity contribution in [2.45, 2.75) is 181 Å². The van der Waals surface area contributed by atoms with Gasteiger partial charge in [0.25, 0.3) is 0 Å². The van der Waals surface area contributed by atoms with Gasteiger partial charge in [-0.3, -0.25) is 0 Å². The van der Waals surface area contributed by atoms with E-state index in [0.717, 1.165) is 0 Å². The molecule has 0 radical (unpaired) electrons. The number of hydrogen-bond acceptors (Lipinski definition) is 1. The lowest BCUT2D eigenvalue weighted by atomic mass is 10.0. The van der Waals surface area contributed by atoms with Crippen molar-refractivity contribution in [3.8, 4) is 0 Å². The van der Waals surface area contributed by atoms with E-state index in [0.29, 0.717) is 12.1 Å². The summed E-state index contributed by atoms with van der Waals surface area (Å²) in [5, 5.41) is 3.84. The van der Waals surface area contributed by atoms with Gasteiger partial charge in [-0.25, -0.2) is 0 Å². The molecule has 1 nitrogen and oxygen atoms in total. The fraction of sp³-hybridized carbons (Fsp3) is 1.00. The van der Waals surface area contributed by atoms with E-state index in [-0.39, 0.29) is 12.4 Å². The van der Waals surface area contributed by atoms with Crippen LogP contribution in [0.3, 0.4) is 0 Å². The summed E-state index contributed by atoms with van der Waals surface area (Å²) in [6, 6.07) is 1.39. The molecule has 2 atom stereocenters. The molecule has 0 aromatic carbocycles. The average molecular weight is 446 g/mol. The molecule has 0 saturated carbocycles. The van der Waals surface area contributed by atoms with Crippen molar-refractivity contribution in [1.29, 1.82) is 0 Å². The van der Waals surface area contributed by atoms with Gasteiger partial charge in [0.15, 0.2) is 0 Å². The molecular formula is C28H60ClN. The smallest absolute Gasteiger partial charge is 0.00412 e. The molecule has 0 aromatic heterocycles. The van der Waals surface area contributed by atoms with Crippen molar-refractivity contribution in [1.82, 2.24) is 5.32 Å². The standard InChI is InChI=1S/C28H59N.ClH/c1-5-7-9-11-13-15-17-19-21-23-25-27(3)29-28(4)26-24-22-20-18-16-14-12-10-8-6-2;/h27-29H,5-26H2,1-4H3;1H. The molecule has 0 rings (SSSR count). The van der Waals surface area contributed by atoms with E-state index in [9.17, 15) is 0 Å². The third-order valence-corrected chi connectivity index (χ3v) is 6.55. The Morgan fingerprint density at radius 1 is 0.400 bits per heavy atom. The minimum Gasteiger partial charge on any atom is -0.312 e. The van der Waals surface area contributed by atoms with E-state index in [1.54, 1.807) is 0 Å². The maximum atomic E-state index is 3.84. The Morgan fingerprint density at radius 2 is 0.633 bits per heavy atom. The minimum absolute atomic E-state index is 0. The van der Waals surface area contributed by atoms with Crippen LogP contribution in [0.2, 0.25) is 0 Å². The minimum atomic E-state index is 0. The van der Waals surface area contributed by atoms with E-state index in [1.165, 1.54) is 141 Å². The Morgan fingerprint density at radius 3 is 0.900 bits per heavy atom. The van der Waals surface area contributed by atoms with Crippen molar-refractivity contribution in [3.63, 3.8) is 0 Å². The normalized spacial score (nSPS) is 13.2. The fourth-order valence-corrected chi connectivity index (χ4v) is 4.53. The van der Waals surface area contributed by atoms with E-state index < -0.39 is 0 Å². The van der Waals surface area contributed by atoms with Crippen LogP contribution < -0.4 is 5.32 Å². The Labute approximate surface area is 198 Å². The predicted molar refractivity (Wildman–Crippen MR) is 142 cm³/mol. The van der Waals surface area contributed by atoms with Crippen LogP contribution in [0.1, 0.15) is 169 Å². The quantitative estimate of drug-likeness (QED) is 0.145. The molecular weight excluding hydrogens is 386 g/mol. The summed E-state index contributed by atoms with van der Waals surface area (Å²) in [7, 11) is 0. The molecule has 184 valence electrons. The van der Waals surface area contributed by atoms with Gasteiger partial charge in [-0.2, -0.15) is 0 Å². The van der Waals surface area contributed by atoms with Gasteiger partial charge in [-0.05, 0) is 26.7 Å². The second-order valence-corrected chi connectivity index (χ2v) is 9.91. The zero-order chi connectivity index (χ0) is 21.4. The van der Waals surface area contributed by atoms with Gasteiger partial charge in [0.2, 0.25) is 0 Å². The van der Waals surface area contributed by atoms with E-state index >= 15 is 0 Å². The van der Waals surface area contributed by atoms with Crippen LogP contribution in [0, 0.1) is 0 Å². The highest BCUT2D eigenvalue weighted by Crippen LogP contribution is 2.14. The van der Waals surface area contributed by atoms with Gasteiger partial charge >= 0.3 is 0 Å². The molecule has 1 N–H and O–H groups in total. The van der Waals surface area contributed by atoms with Crippen LogP contribution in [0.25, 0.3) is 0 Å². The molecule has 0 aliphatic carbocycles. The van der Waals surface area contributed by atoms with Gasteiger partial charge in [0.05, 0.1) is 0 Å². The van der Waals surface area contributed by atoms with Crippen molar-refractivity contribution < 1.29 is 0 Å². The van der Waals surface area contributed by atoms with E-state index in [2.05, 4.69) is 33.0 Å². The summed E-state index contributed by atoms with van der Waals surface area (Å²) in [4.78, 5) is 0. The van der Waals surface area contributed by atoms with Gasteiger partial charge in [0, 0.05) is 12.1 Å². The van der Waals surface area contributed by atoms with Crippen LogP contribution >= 0.6 is 12.4 Å². The third-order valence-electron chi connectivity index (χ3n) is 6.55. The first-order valence-electron chi connectivity index (χ1n) is 14.0. The Hall–Kier alpha value is 0.250. The lowest BCUT2D eigenvalue weighted by molar-refractivity contribution is 0.402. The fourth-order valence-electron chi connectivity index (χ4n) is 4.53. The van der Waals surface area contributed by atoms with Gasteiger partial charge in [-0.1, -0.05) is 142 Å². The molecule has 0 spiro atoms. The van der Waals surface area contributed by atoms with Gasteiger partial charge in [-0.15, -0.1) is 12.4 Å². The summed E-state index contributed by atoms with van der Waals surface area (Å²) >= 11 is 0. The zero-order valence-corrected chi connectivity index (χ0v) is 22.4. The highest BCUT2D eigenvalue weighted by molar-refractivity contribution is 5.85. The number of unbranched alkanes of at least 4 members (excludes halogenated alkanes) is 18. The summed E-state index contributed by atoms with van der Waals surface area (Å²) in [5.41, 5.74) is 0. The van der Waals surface area contributed by atoms with Crippen molar-refractivity contribution in [2.24, 2.45) is 0 Å². The maximum Gasteiger partial charge on any atom is 0.00412 e. The largest absolute Gasteiger partial charge is 0.312 e. The molecule has 0 bridgehead atoms. The Bertz CT molecular complexity index is 266. The average Bonchev–Trinajstić information content (AvgIpc) is 2.70. The molecule has 0 aliphatic rings. The number of nitrogens with one attached hydrogen (secondary N) is 1. The van der Waals surface area contributed by atoms with Crippen molar-refractivity contribution in [3.05, 3.63) is 0 Å². The Kier molecular flexibility index (Phi) is 29.5. The number of halogens is 1. The number of rotatable bonds is 24. The SMILES string of the molecule is CCCCCCCCCCCCC(C)NC(C)CCCCCCCCCCCC.Cl. The van der Waals surface area contributed by atoms with Gasteiger partial charge < -0.3 is 5.32 Å². The molecule has 0 fully saturated rings. The van der Waals surface area contributed by atoms with Crippen LogP contribution in [-0.4, -0.2) is 12.1 Å². The molecule has 0 aliphatic heterocycles. The topological polar surface area (TPSA) is 12.0 Å². The van der Waals surface area contributed by atoms with Crippen molar-refractivity contribution in [2.75, 3.05) is 0 Å². The molecule has 0 heterocycles. The number of hydrogen-bond donors (Lipinski definition) is 1. The molecule has 0 saturated heterocycles. The zero-order valence-electron chi connectivity index (χ0n) is 21.6. The molecule has 0 aromatic rings. The highest BCUT2D eigenvalue weighted by atomic mass is 35.5. The first-order valence-corrected chi connectivity index (χ1v) is 14.0. The highest BCUT2D eigenvalue weighted by Gasteiger charge is 2.07. The molecule has 2 heteroatoms. The van der Waals surface area contributed by atoms with Crippen LogP contribution in [0.5, 0.6) is 0 Å².